The lowest BCUT2D eigenvalue weighted by molar-refractivity contribution is -0.255. The Morgan fingerprint density at radius 3 is 2.29 bits per heavy atom. The summed E-state index contributed by atoms with van der Waals surface area (Å²) < 4.78 is 6.23. The summed E-state index contributed by atoms with van der Waals surface area (Å²) in [5.41, 5.74) is 0.595. The van der Waals surface area contributed by atoms with Crippen LogP contribution in [0.4, 0.5) is 5.69 Å². The molecule has 0 saturated carbocycles. The number of anilines is 1. The summed E-state index contributed by atoms with van der Waals surface area (Å²) in [7, 11) is 0. The van der Waals surface area contributed by atoms with Crippen molar-refractivity contribution in [3.8, 4) is 5.75 Å². The van der Waals surface area contributed by atoms with Crippen molar-refractivity contribution in [2.75, 3.05) is 11.9 Å². The molecule has 6 nitrogen and oxygen atoms in total. The first-order chi connectivity index (χ1) is 11.4. The van der Waals surface area contributed by atoms with E-state index >= 15 is 0 Å². The third-order valence-corrected chi connectivity index (χ3v) is 3.55. The Morgan fingerprint density at radius 2 is 1.71 bits per heavy atom. The van der Waals surface area contributed by atoms with Gasteiger partial charge in [0.15, 0.2) is 11.7 Å². The quantitative estimate of drug-likeness (QED) is 0.733. The number of carbonyl (C=O) groups is 2. The van der Waals surface area contributed by atoms with Gasteiger partial charge in [0.1, 0.15) is 5.75 Å². The number of aromatic carboxylic acids is 1. The molecule has 0 saturated heterocycles. The van der Waals surface area contributed by atoms with Gasteiger partial charge in [0.05, 0.1) is 5.97 Å². The van der Waals surface area contributed by atoms with Crippen LogP contribution in [-0.2, 0) is 4.79 Å². The predicted molar refractivity (Wildman–Crippen MR) is 94.8 cm³/mol. The average molecular weight is 408 g/mol. The van der Waals surface area contributed by atoms with E-state index in [1.165, 1.54) is 24.3 Å². The van der Waals surface area contributed by atoms with Crippen molar-refractivity contribution >= 4 is 50.8 Å². The second-order valence-corrected chi connectivity index (χ2v) is 5.93. The summed E-state index contributed by atoms with van der Waals surface area (Å²) in [6, 6.07) is 12.8. The van der Waals surface area contributed by atoms with E-state index in [0.29, 0.717) is 11.4 Å². The Hall–Kier alpha value is -2.45. The fraction of sp³-hybridized carbons (Fsp3) is 0.0625. The smallest absolute Gasteiger partial charge is 0.264 e. The number of ether oxygens (including phenoxy) is 1. The van der Waals surface area contributed by atoms with Crippen molar-refractivity contribution in [1.29, 1.82) is 0 Å². The molecule has 2 N–H and O–H groups in total. The molecule has 2 rings (SSSR count). The minimum Gasteiger partial charge on any atom is -0.545 e. The molecule has 0 unspecified atom stereocenters. The van der Waals surface area contributed by atoms with E-state index in [-0.39, 0.29) is 17.3 Å². The van der Waals surface area contributed by atoms with Gasteiger partial charge in [-0.3, -0.25) is 10.1 Å². The first kappa shape index (κ1) is 17.9. The van der Waals surface area contributed by atoms with Crippen LogP contribution in [0.2, 0.25) is 0 Å². The Kier molecular flexibility index (Phi) is 6.28. The number of hydrogen-bond acceptors (Lipinski definition) is 5. The largest absolute Gasteiger partial charge is 0.545 e. The normalized spacial score (nSPS) is 9.88. The lowest BCUT2D eigenvalue weighted by Gasteiger charge is -2.11. The fourth-order valence-corrected chi connectivity index (χ4v) is 2.19. The molecule has 0 aliphatic carbocycles. The first-order valence-corrected chi connectivity index (χ1v) is 7.95. The number of carboxylic acids is 1. The maximum Gasteiger partial charge on any atom is 0.264 e. The van der Waals surface area contributed by atoms with E-state index in [2.05, 4.69) is 26.6 Å². The van der Waals surface area contributed by atoms with Crippen molar-refractivity contribution in [3.05, 3.63) is 58.6 Å². The number of carboxylic acid groups (broad SMARTS) is 1. The molecule has 0 atom stereocenters. The second-order valence-electron chi connectivity index (χ2n) is 4.61. The zero-order valence-electron chi connectivity index (χ0n) is 12.2. The highest BCUT2D eigenvalue weighted by atomic mass is 79.9. The van der Waals surface area contributed by atoms with Crippen LogP contribution in [-0.4, -0.2) is 23.6 Å². The van der Waals surface area contributed by atoms with Gasteiger partial charge in [0.25, 0.3) is 5.91 Å². The van der Waals surface area contributed by atoms with Gasteiger partial charge in [-0.15, -0.1) is 0 Å². The third-order valence-electron chi connectivity index (χ3n) is 2.81. The molecular weight excluding hydrogens is 396 g/mol. The molecule has 1 amide bonds. The summed E-state index contributed by atoms with van der Waals surface area (Å²) in [5.74, 6) is -1.12. The Bertz CT molecular complexity index is 748. The highest BCUT2D eigenvalue weighted by Crippen LogP contribution is 2.15. The van der Waals surface area contributed by atoms with Crippen molar-refractivity contribution in [1.82, 2.24) is 5.32 Å². The molecule has 124 valence electrons. The summed E-state index contributed by atoms with van der Waals surface area (Å²) in [6.45, 7) is -0.187. The highest BCUT2D eigenvalue weighted by Gasteiger charge is 2.06. The number of nitrogens with one attached hydrogen (secondary N) is 2. The van der Waals surface area contributed by atoms with Crippen molar-refractivity contribution < 1.29 is 19.4 Å². The van der Waals surface area contributed by atoms with Crippen LogP contribution in [0.5, 0.6) is 5.75 Å². The number of halogens is 1. The zero-order chi connectivity index (χ0) is 17.5. The van der Waals surface area contributed by atoms with Gasteiger partial charge in [0.2, 0.25) is 0 Å². The number of hydrogen-bond donors (Lipinski definition) is 2. The molecule has 0 aliphatic heterocycles. The van der Waals surface area contributed by atoms with E-state index in [1.807, 2.05) is 0 Å². The molecule has 0 bridgehead atoms. The fourth-order valence-electron chi connectivity index (χ4n) is 1.69. The van der Waals surface area contributed by atoms with Gasteiger partial charge in [-0.2, -0.15) is 0 Å². The van der Waals surface area contributed by atoms with Crippen LogP contribution < -0.4 is 20.5 Å². The van der Waals surface area contributed by atoms with Crippen LogP contribution in [0.1, 0.15) is 10.4 Å². The van der Waals surface area contributed by atoms with Crippen LogP contribution in [0.3, 0.4) is 0 Å². The molecule has 24 heavy (non-hydrogen) atoms. The number of thiocarbonyl (C=S) groups is 1. The van der Waals surface area contributed by atoms with Crippen LogP contribution in [0, 0.1) is 0 Å². The SMILES string of the molecule is O=C(COc1ccc(Br)cc1)NC(=S)Nc1ccc(C(=O)[O-])cc1. The number of benzene rings is 2. The molecule has 0 aromatic heterocycles. The third kappa shape index (κ3) is 5.64. The summed E-state index contributed by atoms with van der Waals surface area (Å²) in [6.07, 6.45) is 0. The molecule has 2 aromatic carbocycles. The standard InChI is InChI=1S/C16H13BrN2O4S/c17-11-3-7-13(8-4-11)23-9-14(20)19-16(24)18-12-5-1-10(2-6-12)15(21)22/h1-8H,9H2,(H,21,22)(H2,18,19,20,24)/p-1. The predicted octanol–water partition coefficient (Wildman–Crippen LogP) is 1.70. The topological polar surface area (TPSA) is 90.5 Å². The first-order valence-electron chi connectivity index (χ1n) is 6.74. The van der Waals surface area contributed by atoms with Crippen LogP contribution >= 0.6 is 28.1 Å². The number of carbonyl (C=O) groups excluding carboxylic acids is 2. The van der Waals surface area contributed by atoms with Crippen molar-refractivity contribution in [3.63, 3.8) is 0 Å². The maximum atomic E-state index is 11.8. The molecule has 0 heterocycles. The highest BCUT2D eigenvalue weighted by molar-refractivity contribution is 9.10. The van der Waals surface area contributed by atoms with Gasteiger partial charge >= 0.3 is 0 Å². The van der Waals surface area contributed by atoms with Gasteiger partial charge in [-0.05, 0) is 54.2 Å². The average Bonchev–Trinajstić information content (AvgIpc) is 2.54. The van der Waals surface area contributed by atoms with Crippen LogP contribution in [0.25, 0.3) is 0 Å². The van der Waals surface area contributed by atoms with Gasteiger partial charge in [-0.25, -0.2) is 0 Å². The van der Waals surface area contributed by atoms with E-state index in [9.17, 15) is 14.7 Å². The molecule has 0 spiro atoms. The number of rotatable bonds is 5. The minimum absolute atomic E-state index is 0.0541. The van der Waals surface area contributed by atoms with E-state index < -0.39 is 11.9 Å². The molecule has 0 radical (unpaired) electrons. The van der Waals surface area contributed by atoms with Crippen molar-refractivity contribution in [2.45, 2.75) is 0 Å². The Labute approximate surface area is 152 Å². The van der Waals surface area contributed by atoms with Gasteiger partial charge < -0.3 is 20.0 Å². The Morgan fingerprint density at radius 1 is 1.08 bits per heavy atom. The molecular formula is C16H12BrN2O4S-. The molecule has 0 fully saturated rings. The van der Waals surface area contributed by atoms with Crippen LogP contribution in [0.15, 0.2) is 53.0 Å². The van der Waals surface area contributed by atoms with Crippen molar-refractivity contribution in [2.24, 2.45) is 0 Å². The molecule has 0 aliphatic rings. The molecule has 8 heteroatoms. The van der Waals surface area contributed by atoms with Gasteiger partial charge in [0, 0.05) is 10.2 Å². The summed E-state index contributed by atoms with van der Waals surface area (Å²) >= 11 is 8.32. The lowest BCUT2D eigenvalue weighted by atomic mass is 10.2. The monoisotopic (exact) mass is 407 g/mol. The zero-order valence-corrected chi connectivity index (χ0v) is 14.6. The molecule has 2 aromatic rings. The number of amides is 1. The summed E-state index contributed by atoms with van der Waals surface area (Å²) in [4.78, 5) is 22.4. The minimum atomic E-state index is -1.26. The summed E-state index contributed by atoms with van der Waals surface area (Å²) in [5, 5.41) is 16.0. The Balaban J connectivity index is 1.79. The van der Waals surface area contributed by atoms with Gasteiger partial charge in [-0.1, -0.05) is 28.1 Å². The van der Waals surface area contributed by atoms with E-state index in [4.69, 9.17) is 17.0 Å². The van der Waals surface area contributed by atoms with E-state index in [0.717, 1.165) is 4.47 Å². The lowest BCUT2D eigenvalue weighted by Crippen LogP contribution is -2.37. The van der Waals surface area contributed by atoms with E-state index in [1.54, 1.807) is 24.3 Å². The maximum absolute atomic E-state index is 11.8. The second kappa shape index (κ2) is 8.42.